The predicted molar refractivity (Wildman–Crippen MR) is 121 cm³/mol. The Morgan fingerprint density at radius 2 is 1.84 bits per heavy atom. The molecule has 4 rings (SSSR count). The summed E-state index contributed by atoms with van der Waals surface area (Å²) in [6, 6.07) is 19.4. The number of rotatable bonds is 4. The van der Waals surface area contributed by atoms with Crippen molar-refractivity contribution >= 4 is 34.6 Å². The fourth-order valence-corrected chi connectivity index (χ4v) is 4.10. The van der Waals surface area contributed by atoms with Crippen molar-refractivity contribution in [2.24, 2.45) is 0 Å². The third kappa shape index (κ3) is 4.38. The highest BCUT2D eigenvalue weighted by Crippen LogP contribution is 2.10. The van der Waals surface area contributed by atoms with Crippen LogP contribution >= 0.6 is 11.3 Å². The largest absolute Gasteiger partial charge is 0.321 e. The van der Waals surface area contributed by atoms with Crippen molar-refractivity contribution in [3.8, 4) is 11.8 Å². The summed E-state index contributed by atoms with van der Waals surface area (Å²) in [4.78, 5) is 30.2. The van der Waals surface area contributed by atoms with Crippen LogP contribution in [0.3, 0.4) is 0 Å². The molecule has 0 fully saturated rings. The van der Waals surface area contributed by atoms with Gasteiger partial charge >= 0.3 is 0 Å². The summed E-state index contributed by atoms with van der Waals surface area (Å²) in [7, 11) is 0. The van der Waals surface area contributed by atoms with Gasteiger partial charge in [-0.1, -0.05) is 24.3 Å². The number of aromatic nitrogens is 2. The number of carbonyl (C=O) groups excluding carboxylic acids is 1. The fourth-order valence-electron chi connectivity index (χ4n) is 3.00. The molecule has 2 heterocycles. The molecule has 4 aromatic rings. The van der Waals surface area contributed by atoms with Crippen LogP contribution in [0.4, 0.5) is 10.1 Å². The van der Waals surface area contributed by atoms with Crippen molar-refractivity contribution in [3.63, 3.8) is 0 Å². The quantitative estimate of drug-likeness (QED) is 0.526. The number of anilines is 1. The van der Waals surface area contributed by atoms with E-state index in [1.165, 1.54) is 28.8 Å². The third-order valence-electron chi connectivity index (χ3n) is 4.47. The van der Waals surface area contributed by atoms with Crippen LogP contribution in [0.5, 0.6) is 0 Å². The number of halogens is 1. The molecule has 1 amide bonds. The Kier molecular flexibility index (Phi) is 6.01. The Morgan fingerprint density at radius 3 is 2.50 bits per heavy atom. The molecule has 0 saturated carbocycles. The molecular weight excluding hydrogens is 427 g/mol. The highest BCUT2D eigenvalue weighted by atomic mass is 32.1. The average Bonchev–Trinajstić information content (AvgIpc) is 3.12. The molecule has 0 bridgehead atoms. The molecule has 0 aliphatic heterocycles. The number of nitriles is 1. The second-order valence-corrected chi connectivity index (χ2v) is 7.66. The minimum Gasteiger partial charge on any atom is -0.321 e. The topological polar surface area (TPSA) is 87.8 Å². The third-order valence-corrected chi connectivity index (χ3v) is 5.57. The standard InChI is InChI=1S/C24H15FN4O2S/c25-17-8-10-18(11-9-17)28-22(30)20(14-26)24-29(19-6-2-1-3-7-19)23(31)21(32-24)13-16-5-4-12-27-15-16/h1-13,15H,(H,28,30)/b21-13+,24-20+. The number of hydrogen-bond donors (Lipinski definition) is 1. The molecule has 6 nitrogen and oxygen atoms in total. The van der Waals surface area contributed by atoms with Gasteiger partial charge < -0.3 is 5.32 Å². The van der Waals surface area contributed by atoms with E-state index in [0.717, 1.165) is 11.3 Å². The molecule has 156 valence electrons. The maximum atomic E-state index is 13.3. The van der Waals surface area contributed by atoms with Gasteiger partial charge in [0.1, 0.15) is 16.5 Å². The lowest BCUT2D eigenvalue weighted by molar-refractivity contribution is -0.111. The van der Waals surface area contributed by atoms with Crippen LogP contribution in [0.1, 0.15) is 5.56 Å². The van der Waals surface area contributed by atoms with E-state index in [9.17, 15) is 19.2 Å². The second kappa shape index (κ2) is 9.20. The number of hydrogen-bond acceptors (Lipinski definition) is 5. The van der Waals surface area contributed by atoms with Gasteiger partial charge in [0.15, 0.2) is 5.57 Å². The van der Waals surface area contributed by atoms with Crippen LogP contribution in [-0.4, -0.2) is 15.5 Å². The van der Waals surface area contributed by atoms with Gasteiger partial charge in [0, 0.05) is 18.1 Å². The minimum atomic E-state index is -0.696. The van der Waals surface area contributed by atoms with Crippen LogP contribution in [0.25, 0.3) is 17.3 Å². The first-order valence-corrected chi connectivity index (χ1v) is 10.3. The molecule has 2 aromatic carbocycles. The lowest BCUT2D eigenvalue weighted by Crippen LogP contribution is -2.32. The summed E-state index contributed by atoms with van der Waals surface area (Å²) in [5.74, 6) is -1.14. The van der Waals surface area contributed by atoms with E-state index >= 15 is 0 Å². The number of carbonyl (C=O) groups is 1. The minimum absolute atomic E-state index is 0.193. The van der Waals surface area contributed by atoms with E-state index in [0.29, 0.717) is 21.5 Å². The number of amides is 1. The Bertz CT molecular complexity index is 1490. The molecule has 32 heavy (non-hydrogen) atoms. The Morgan fingerprint density at radius 1 is 1.09 bits per heavy atom. The summed E-state index contributed by atoms with van der Waals surface area (Å²) in [6.07, 6.45) is 4.90. The lowest BCUT2D eigenvalue weighted by atomic mass is 10.2. The van der Waals surface area contributed by atoms with Crippen LogP contribution in [-0.2, 0) is 4.79 Å². The molecule has 0 atom stereocenters. The average molecular weight is 442 g/mol. The number of thiazole rings is 1. The van der Waals surface area contributed by atoms with E-state index in [-0.39, 0.29) is 15.8 Å². The first kappa shape index (κ1) is 20.9. The van der Waals surface area contributed by atoms with Crippen LogP contribution in [0.15, 0.2) is 83.9 Å². The summed E-state index contributed by atoms with van der Waals surface area (Å²) in [5, 5.41) is 12.4. The molecule has 0 unspecified atom stereocenters. The van der Waals surface area contributed by atoms with Gasteiger partial charge in [-0.25, -0.2) is 4.39 Å². The first-order valence-electron chi connectivity index (χ1n) is 9.47. The summed E-state index contributed by atoms with van der Waals surface area (Å²) in [5.41, 5.74) is 0.980. The van der Waals surface area contributed by atoms with Crippen molar-refractivity contribution in [2.75, 3.05) is 5.32 Å². The molecule has 1 N–H and O–H groups in total. The van der Waals surface area contributed by atoms with E-state index in [1.807, 2.05) is 6.07 Å². The molecular formula is C24H15FN4O2S. The van der Waals surface area contributed by atoms with Gasteiger partial charge in [-0.15, -0.1) is 11.3 Å². The maximum Gasteiger partial charge on any atom is 0.273 e. The zero-order chi connectivity index (χ0) is 22.5. The van der Waals surface area contributed by atoms with Crippen molar-refractivity contribution in [1.29, 1.82) is 5.26 Å². The number of nitrogens with zero attached hydrogens (tertiary/aromatic N) is 3. The molecule has 0 saturated heterocycles. The van der Waals surface area contributed by atoms with Gasteiger partial charge in [0.25, 0.3) is 11.5 Å². The number of para-hydroxylation sites is 1. The molecule has 0 spiro atoms. The predicted octanol–water partition coefficient (Wildman–Crippen LogP) is 2.57. The van der Waals surface area contributed by atoms with Crippen LogP contribution in [0.2, 0.25) is 0 Å². The summed E-state index contributed by atoms with van der Waals surface area (Å²) >= 11 is 1.04. The van der Waals surface area contributed by atoms with Gasteiger partial charge in [0.2, 0.25) is 0 Å². The number of nitrogens with one attached hydrogen (secondary N) is 1. The van der Waals surface area contributed by atoms with Crippen LogP contribution < -0.4 is 20.1 Å². The second-order valence-electron chi connectivity index (χ2n) is 6.63. The SMILES string of the molecule is N#C/C(C(=O)Nc1ccc(F)cc1)=c1\s/c(=C/c2cccnc2)c(=O)n1-c1ccccc1. The van der Waals surface area contributed by atoms with E-state index in [1.54, 1.807) is 60.9 Å². The van der Waals surface area contributed by atoms with E-state index in [2.05, 4.69) is 10.3 Å². The smallest absolute Gasteiger partial charge is 0.273 e. The first-order chi connectivity index (χ1) is 15.6. The number of benzene rings is 2. The molecule has 0 aliphatic carbocycles. The van der Waals surface area contributed by atoms with Gasteiger partial charge in [0.05, 0.1) is 10.2 Å². The molecule has 2 aromatic heterocycles. The zero-order valence-corrected chi connectivity index (χ0v) is 17.3. The molecule has 0 radical (unpaired) electrons. The Hall–Kier alpha value is -4.35. The van der Waals surface area contributed by atoms with Crippen LogP contribution in [0, 0.1) is 17.1 Å². The molecule has 0 aliphatic rings. The van der Waals surface area contributed by atoms with Gasteiger partial charge in [-0.05, 0) is 54.1 Å². The van der Waals surface area contributed by atoms with Crippen molar-refractivity contribution in [2.45, 2.75) is 0 Å². The fraction of sp³-hybridized carbons (Fsp3) is 0. The van der Waals surface area contributed by atoms with Gasteiger partial charge in [-0.2, -0.15) is 5.26 Å². The highest BCUT2D eigenvalue weighted by molar-refractivity contribution is 7.07. The Balaban J connectivity index is 1.94. The molecule has 8 heteroatoms. The highest BCUT2D eigenvalue weighted by Gasteiger charge is 2.17. The Labute approximate surface area is 185 Å². The van der Waals surface area contributed by atoms with Gasteiger partial charge in [-0.3, -0.25) is 19.1 Å². The normalized spacial score (nSPS) is 12.2. The zero-order valence-electron chi connectivity index (χ0n) is 16.5. The lowest BCUT2D eigenvalue weighted by Gasteiger charge is -2.05. The van der Waals surface area contributed by atoms with Crippen molar-refractivity contribution in [1.82, 2.24) is 9.55 Å². The summed E-state index contributed by atoms with van der Waals surface area (Å²) < 4.78 is 15.0. The van der Waals surface area contributed by atoms with Crippen molar-refractivity contribution < 1.29 is 9.18 Å². The van der Waals surface area contributed by atoms with Crippen molar-refractivity contribution in [3.05, 3.63) is 110 Å². The monoisotopic (exact) mass is 442 g/mol. The van der Waals surface area contributed by atoms with E-state index < -0.39 is 11.7 Å². The number of pyridine rings is 1. The summed E-state index contributed by atoms with van der Waals surface area (Å²) in [6.45, 7) is 0. The maximum absolute atomic E-state index is 13.3. The van der Waals surface area contributed by atoms with E-state index in [4.69, 9.17) is 0 Å².